The topological polar surface area (TPSA) is 38.3 Å². The van der Waals surface area contributed by atoms with Crippen LogP contribution in [0.4, 0.5) is 0 Å². The van der Waals surface area contributed by atoms with Gasteiger partial charge in [-0.1, -0.05) is 12.1 Å². The van der Waals surface area contributed by atoms with Crippen molar-refractivity contribution in [2.24, 2.45) is 0 Å². The summed E-state index contributed by atoms with van der Waals surface area (Å²) in [5, 5.41) is 2.39. The van der Waals surface area contributed by atoms with Crippen molar-refractivity contribution in [2.45, 2.75) is 32.6 Å². The number of methoxy groups -OCH3 is 1. The first-order valence-corrected chi connectivity index (χ1v) is 6.02. The molecular weight excluding hydrogens is 214 g/mol. The summed E-state index contributed by atoms with van der Waals surface area (Å²) in [5.74, 6) is 1.08. The lowest BCUT2D eigenvalue weighted by Crippen LogP contribution is -2.11. The average Bonchev–Trinajstić information content (AvgIpc) is 2.38. The summed E-state index contributed by atoms with van der Waals surface area (Å²) < 4.78 is 5.31. The van der Waals surface area contributed by atoms with Gasteiger partial charge in [-0.15, -0.1) is 0 Å². The van der Waals surface area contributed by atoms with Crippen LogP contribution in [0.1, 0.15) is 30.9 Å². The highest BCUT2D eigenvalue weighted by atomic mass is 16.5. The predicted octanol–water partition coefficient (Wildman–Crippen LogP) is 2.33. The van der Waals surface area contributed by atoms with Gasteiger partial charge in [0.05, 0.1) is 7.11 Å². The minimum absolute atomic E-state index is 0.00463. The Bertz CT molecular complexity index is 360. The van der Waals surface area contributed by atoms with Gasteiger partial charge < -0.3 is 10.1 Å². The number of fused-ring (bicyclic) bond motifs is 1. The maximum Gasteiger partial charge on any atom is 0.216 e. The Morgan fingerprint density at radius 2 is 1.94 bits per heavy atom. The Labute approximate surface area is 103 Å². The lowest BCUT2D eigenvalue weighted by molar-refractivity contribution is -0.118. The van der Waals surface area contributed by atoms with Gasteiger partial charge in [-0.3, -0.25) is 4.79 Å². The predicted molar refractivity (Wildman–Crippen MR) is 69.4 cm³/mol. The molecule has 0 fully saturated rings. The van der Waals surface area contributed by atoms with E-state index in [1.165, 1.54) is 43.7 Å². The first-order chi connectivity index (χ1) is 8.19. The summed E-state index contributed by atoms with van der Waals surface area (Å²) in [6, 6.07) is 6.37. The van der Waals surface area contributed by atoms with Gasteiger partial charge in [0.2, 0.25) is 5.91 Å². The van der Waals surface area contributed by atoms with Crippen LogP contribution in [0, 0.1) is 0 Å². The molecule has 1 aromatic rings. The SMILES string of the molecule is CNC(C)=O.COc1cccc2c1CCCC2. The van der Waals surface area contributed by atoms with Gasteiger partial charge in [0.1, 0.15) is 5.75 Å². The molecule has 1 aliphatic rings. The van der Waals surface area contributed by atoms with Crippen LogP contribution in [0.15, 0.2) is 18.2 Å². The van der Waals surface area contributed by atoms with E-state index in [4.69, 9.17) is 4.74 Å². The first-order valence-electron chi connectivity index (χ1n) is 6.02. The molecule has 1 aromatic carbocycles. The molecule has 0 heterocycles. The van der Waals surface area contributed by atoms with Crippen molar-refractivity contribution in [2.75, 3.05) is 14.2 Å². The Balaban J connectivity index is 0.000000249. The zero-order valence-corrected chi connectivity index (χ0v) is 10.9. The molecule has 2 rings (SSSR count). The van der Waals surface area contributed by atoms with E-state index in [9.17, 15) is 4.79 Å². The number of hydrogen-bond donors (Lipinski definition) is 1. The Morgan fingerprint density at radius 3 is 2.53 bits per heavy atom. The molecule has 0 bridgehead atoms. The normalized spacial score (nSPS) is 12.9. The van der Waals surface area contributed by atoms with E-state index in [2.05, 4.69) is 23.5 Å². The van der Waals surface area contributed by atoms with E-state index in [1.54, 1.807) is 14.2 Å². The second-order valence-corrected chi connectivity index (χ2v) is 4.11. The number of hydrogen-bond acceptors (Lipinski definition) is 2. The van der Waals surface area contributed by atoms with E-state index < -0.39 is 0 Å². The van der Waals surface area contributed by atoms with Crippen LogP contribution in [0.25, 0.3) is 0 Å². The zero-order valence-electron chi connectivity index (χ0n) is 10.9. The lowest BCUT2D eigenvalue weighted by atomic mass is 9.91. The Morgan fingerprint density at radius 1 is 1.29 bits per heavy atom. The highest BCUT2D eigenvalue weighted by Crippen LogP contribution is 2.28. The van der Waals surface area contributed by atoms with Crippen molar-refractivity contribution in [1.29, 1.82) is 0 Å². The number of ether oxygens (including phenoxy) is 1. The number of carbonyl (C=O) groups is 1. The molecule has 0 atom stereocenters. The molecule has 94 valence electrons. The average molecular weight is 235 g/mol. The number of amides is 1. The monoisotopic (exact) mass is 235 g/mol. The summed E-state index contributed by atoms with van der Waals surface area (Å²) in [5.41, 5.74) is 2.92. The fraction of sp³-hybridized carbons (Fsp3) is 0.500. The molecule has 0 aromatic heterocycles. The fourth-order valence-electron chi connectivity index (χ4n) is 1.94. The molecule has 0 spiro atoms. The van der Waals surface area contributed by atoms with Gasteiger partial charge in [0.15, 0.2) is 0 Å². The van der Waals surface area contributed by atoms with E-state index in [0.29, 0.717) is 0 Å². The fourth-order valence-corrected chi connectivity index (χ4v) is 1.94. The van der Waals surface area contributed by atoms with Crippen LogP contribution >= 0.6 is 0 Å². The van der Waals surface area contributed by atoms with Gasteiger partial charge in [-0.2, -0.15) is 0 Å². The van der Waals surface area contributed by atoms with Crippen molar-refractivity contribution in [3.8, 4) is 5.75 Å². The second-order valence-electron chi connectivity index (χ2n) is 4.11. The molecule has 0 aliphatic heterocycles. The van der Waals surface area contributed by atoms with Gasteiger partial charge >= 0.3 is 0 Å². The lowest BCUT2D eigenvalue weighted by Gasteiger charge is -2.17. The van der Waals surface area contributed by atoms with E-state index in [0.717, 1.165) is 5.75 Å². The van der Waals surface area contributed by atoms with Gasteiger partial charge in [-0.25, -0.2) is 0 Å². The summed E-state index contributed by atoms with van der Waals surface area (Å²) in [6.07, 6.45) is 5.07. The molecule has 0 unspecified atom stereocenters. The van der Waals surface area contributed by atoms with E-state index in [1.807, 2.05) is 0 Å². The van der Waals surface area contributed by atoms with Crippen LogP contribution in [0.2, 0.25) is 0 Å². The Hall–Kier alpha value is -1.51. The summed E-state index contributed by atoms with van der Waals surface area (Å²) >= 11 is 0. The first kappa shape index (κ1) is 13.6. The standard InChI is InChI=1S/C11H14O.C3H7NO/c1-12-11-8-4-6-9-5-2-3-7-10(9)11;1-3(5)4-2/h4,6,8H,2-3,5,7H2,1H3;1-2H3,(H,4,5). The summed E-state index contributed by atoms with van der Waals surface area (Å²) in [4.78, 5) is 9.70. The molecule has 0 saturated carbocycles. The van der Waals surface area contributed by atoms with Crippen LogP contribution in [-0.4, -0.2) is 20.1 Å². The van der Waals surface area contributed by atoms with Crippen LogP contribution < -0.4 is 10.1 Å². The largest absolute Gasteiger partial charge is 0.496 e. The third kappa shape index (κ3) is 4.10. The highest BCUT2D eigenvalue weighted by molar-refractivity contribution is 5.72. The number of carbonyl (C=O) groups excluding carboxylic acids is 1. The van der Waals surface area contributed by atoms with Crippen LogP contribution in [0.3, 0.4) is 0 Å². The molecule has 1 N–H and O–H groups in total. The van der Waals surface area contributed by atoms with Gasteiger partial charge in [0.25, 0.3) is 0 Å². The highest BCUT2D eigenvalue weighted by Gasteiger charge is 2.12. The maximum absolute atomic E-state index is 9.70. The van der Waals surface area contributed by atoms with Crippen molar-refractivity contribution in [3.05, 3.63) is 29.3 Å². The van der Waals surface area contributed by atoms with Gasteiger partial charge in [0, 0.05) is 14.0 Å². The van der Waals surface area contributed by atoms with Crippen LogP contribution in [-0.2, 0) is 17.6 Å². The molecule has 1 amide bonds. The molecule has 0 saturated heterocycles. The third-order valence-electron chi connectivity index (χ3n) is 2.92. The zero-order chi connectivity index (χ0) is 12.7. The molecule has 0 radical (unpaired) electrons. The minimum atomic E-state index is 0.00463. The van der Waals surface area contributed by atoms with Gasteiger partial charge in [-0.05, 0) is 42.9 Å². The van der Waals surface area contributed by atoms with Crippen molar-refractivity contribution in [1.82, 2.24) is 5.32 Å². The summed E-state index contributed by atoms with van der Waals surface area (Å²) in [7, 11) is 3.35. The van der Waals surface area contributed by atoms with Crippen LogP contribution in [0.5, 0.6) is 5.75 Å². The van der Waals surface area contributed by atoms with Crippen molar-refractivity contribution < 1.29 is 9.53 Å². The number of nitrogens with one attached hydrogen (secondary N) is 1. The van der Waals surface area contributed by atoms with E-state index in [-0.39, 0.29) is 5.91 Å². The second kappa shape index (κ2) is 6.94. The Kier molecular flexibility index (Phi) is 5.53. The minimum Gasteiger partial charge on any atom is -0.496 e. The van der Waals surface area contributed by atoms with Crippen molar-refractivity contribution in [3.63, 3.8) is 0 Å². The quantitative estimate of drug-likeness (QED) is 0.811. The maximum atomic E-state index is 9.70. The summed E-state index contributed by atoms with van der Waals surface area (Å²) in [6.45, 7) is 1.47. The van der Waals surface area contributed by atoms with Crippen molar-refractivity contribution >= 4 is 5.91 Å². The number of aryl methyl sites for hydroxylation is 1. The van der Waals surface area contributed by atoms with E-state index >= 15 is 0 Å². The molecular formula is C14H21NO2. The molecule has 17 heavy (non-hydrogen) atoms. The number of rotatable bonds is 1. The smallest absolute Gasteiger partial charge is 0.216 e. The number of benzene rings is 1. The molecule has 3 nitrogen and oxygen atoms in total. The molecule has 3 heteroatoms. The molecule has 1 aliphatic carbocycles. The third-order valence-corrected chi connectivity index (χ3v) is 2.92.